The Balaban J connectivity index is 2.40. The second kappa shape index (κ2) is 5.37. The molecule has 0 atom stereocenters. The molecule has 3 nitrogen and oxygen atoms in total. The lowest BCUT2D eigenvalue weighted by Crippen LogP contribution is -1.98. The highest BCUT2D eigenvalue weighted by molar-refractivity contribution is 7.90. The molecule has 4 heteroatoms. The Morgan fingerprint density at radius 3 is 2.05 bits per heavy atom. The molecule has 106 valence electrons. The maximum atomic E-state index is 11.4. The lowest BCUT2D eigenvalue weighted by atomic mass is 10.0. The van der Waals surface area contributed by atoms with Crippen LogP contribution in [0.5, 0.6) is 0 Å². The van der Waals surface area contributed by atoms with Gasteiger partial charge in [-0.25, -0.2) is 8.42 Å². The third kappa shape index (κ3) is 3.07. The molecule has 2 rings (SSSR count). The van der Waals surface area contributed by atoms with Crippen LogP contribution in [-0.4, -0.2) is 19.7 Å². The van der Waals surface area contributed by atoms with Crippen LogP contribution >= 0.6 is 0 Å². The van der Waals surface area contributed by atoms with Gasteiger partial charge in [0.05, 0.1) is 10.6 Å². The molecule has 0 aliphatic heterocycles. The fourth-order valence-corrected chi connectivity index (χ4v) is 2.85. The van der Waals surface area contributed by atoms with Crippen LogP contribution in [0, 0.1) is 6.92 Å². The van der Waals surface area contributed by atoms with E-state index in [0.717, 1.165) is 17.0 Å². The van der Waals surface area contributed by atoms with Crippen LogP contribution in [0.15, 0.2) is 41.3 Å². The van der Waals surface area contributed by atoms with E-state index in [1.54, 1.807) is 24.3 Å². The van der Waals surface area contributed by atoms with Crippen LogP contribution in [0.2, 0.25) is 0 Å². The average molecular weight is 289 g/mol. The van der Waals surface area contributed by atoms with E-state index in [2.05, 4.69) is 24.9 Å². The Morgan fingerprint density at radius 1 is 1.00 bits per heavy atom. The fraction of sp³-hybridized carbons (Fsp3) is 0.312. The zero-order valence-electron chi connectivity index (χ0n) is 12.2. The van der Waals surface area contributed by atoms with Crippen molar-refractivity contribution in [2.45, 2.75) is 31.6 Å². The van der Waals surface area contributed by atoms with Crippen LogP contribution < -0.4 is 0 Å². The maximum Gasteiger partial charge on any atom is 0.175 e. The Labute approximate surface area is 120 Å². The van der Waals surface area contributed by atoms with Crippen molar-refractivity contribution in [3.05, 3.63) is 47.7 Å². The van der Waals surface area contributed by atoms with Crippen molar-refractivity contribution in [3.63, 3.8) is 0 Å². The zero-order valence-corrected chi connectivity index (χ0v) is 13.0. The Morgan fingerprint density at radius 2 is 1.60 bits per heavy atom. The Kier molecular flexibility index (Phi) is 3.95. The summed E-state index contributed by atoms with van der Waals surface area (Å²) in [6.07, 6.45) is 1.21. The van der Waals surface area contributed by atoms with Gasteiger partial charge in [0, 0.05) is 17.5 Å². The second-order valence-electron chi connectivity index (χ2n) is 5.32. The molecule has 0 fully saturated rings. The van der Waals surface area contributed by atoms with E-state index in [1.807, 2.05) is 13.0 Å². The van der Waals surface area contributed by atoms with Gasteiger partial charge in [-0.05, 0) is 36.6 Å². The normalized spacial score (nSPS) is 11.8. The van der Waals surface area contributed by atoms with Gasteiger partial charge >= 0.3 is 0 Å². The van der Waals surface area contributed by atoms with Gasteiger partial charge in [-0.3, -0.25) is 4.98 Å². The Bertz CT molecular complexity index is 717. The molecule has 20 heavy (non-hydrogen) atoms. The van der Waals surface area contributed by atoms with Gasteiger partial charge in [-0.1, -0.05) is 32.0 Å². The number of nitrogens with zero attached hydrogens (tertiary/aromatic N) is 1. The predicted octanol–water partition coefficient (Wildman–Crippen LogP) is 3.58. The van der Waals surface area contributed by atoms with E-state index in [4.69, 9.17) is 0 Å². The van der Waals surface area contributed by atoms with Crippen molar-refractivity contribution in [1.82, 2.24) is 4.98 Å². The molecular weight excluding hydrogens is 270 g/mol. The molecule has 0 saturated carbocycles. The van der Waals surface area contributed by atoms with Crippen LogP contribution in [0.1, 0.15) is 31.0 Å². The van der Waals surface area contributed by atoms with Crippen LogP contribution in [0.4, 0.5) is 0 Å². The first-order valence-electron chi connectivity index (χ1n) is 6.57. The zero-order chi connectivity index (χ0) is 14.9. The summed E-state index contributed by atoms with van der Waals surface area (Å²) in [5.41, 5.74) is 4.05. The quantitative estimate of drug-likeness (QED) is 0.867. The van der Waals surface area contributed by atoms with E-state index in [9.17, 15) is 8.42 Å². The summed E-state index contributed by atoms with van der Waals surface area (Å²) < 4.78 is 22.9. The fourth-order valence-electron chi connectivity index (χ4n) is 2.22. The first kappa shape index (κ1) is 14.7. The van der Waals surface area contributed by atoms with Crippen molar-refractivity contribution in [1.29, 1.82) is 0 Å². The molecule has 0 bridgehead atoms. The lowest BCUT2D eigenvalue weighted by molar-refractivity contribution is 0.602. The summed E-state index contributed by atoms with van der Waals surface area (Å²) in [4.78, 5) is 4.94. The number of aromatic nitrogens is 1. The van der Waals surface area contributed by atoms with Crippen LogP contribution in [0.25, 0.3) is 11.3 Å². The molecule has 0 unspecified atom stereocenters. The number of hydrogen-bond donors (Lipinski definition) is 0. The number of aryl methyl sites for hydroxylation is 1. The van der Waals surface area contributed by atoms with Crippen LogP contribution in [0.3, 0.4) is 0 Å². The highest BCUT2D eigenvalue weighted by Gasteiger charge is 2.09. The summed E-state index contributed by atoms with van der Waals surface area (Å²) in [7, 11) is -3.15. The molecule has 1 aromatic heterocycles. The third-order valence-electron chi connectivity index (χ3n) is 3.33. The minimum atomic E-state index is -3.15. The van der Waals surface area contributed by atoms with Crippen molar-refractivity contribution in [3.8, 4) is 11.3 Å². The summed E-state index contributed by atoms with van der Waals surface area (Å²) in [5.74, 6) is 0.448. The lowest BCUT2D eigenvalue weighted by Gasteiger charge is -2.10. The largest absolute Gasteiger partial charge is 0.253 e. The average Bonchev–Trinajstić information content (AvgIpc) is 2.37. The first-order valence-corrected chi connectivity index (χ1v) is 8.46. The van der Waals surface area contributed by atoms with Gasteiger partial charge in [0.2, 0.25) is 0 Å². The molecule has 0 spiro atoms. The van der Waals surface area contributed by atoms with Gasteiger partial charge < -0.3 is 0 Å². The van der Waals surface area contributed by atoms with Crippen molar-refractivity contribution in [2.24, 2.45) is 0 Å². The third-order valence-corrected chi connectivity index (χ3v) is 4.46. The molecule has 0 aliphatic rings. The SMILES string of the molecule is Cc1nc(-c2ccc(S(C)(=O)=O)cc2)ccc1C(C)C. The number of benzene rings is 1. The topological polar surface area (TPSA) is 47.0 Å². The van der Waals surface area contributed by atoms with E-state index >= 15 is 0 Å². The Hall–Kier alpha value is -1.68. The maximum absolute atomic E-state index is 11.4. The van der Waals surface area contributed by atoms with Gasteiger partial charge in [0.1, 0.15) is 0 Å². The second-order valence-corrected chi connectivity index (χ2v) is 7.34. The van der Waals surface area contributed by atoms with E-state index in [0.29, 0.717) is 10.8 Å². The van der Waals surface area contributed by atoms with E-state index < -0.39 is 9.84 Å². The molecular formula is C16H19NO2S. The van der Waals surface area contributed by atoms with Crippen molar-refractivity contribution < 1.29 is 8.42 Å². The number of sulfone groups is 1. The molecule has 1 aromatic carbocycles. The van der Waals surface area contributed by atoms with Crippen molar-refractivity contribution in [2.75, 3.05) is 6.26 Å². The monoisotopic (exact) mass is 289 g/mol. The van der Waals surface area contributed by atoms with Crippen LogP contribution in [-0.2, 0) is 9.84 Å². The number of hydrogen-bond acceptors (Lipinski definition) is 3. The molecule has 0 amide bonds. The minimum absolute atomic E-state index is 0.330. The van der Waals surface area contributed by atoms with Gasteiger partial charge in [-0.15, -0.1) is 0 Å². The molecule has 0 aliphatic carbocycles. The highest BCUT2D eigenvalue weighted by Crippen LogP contribution is 2.24. The van der Waals surface area contributed by atoms with Gasteiger partial charge in [0.15, 0.2) is 9.84 Å². The molecule has 0 saturated heterocycles. The number of rotatable bonds is 3. The molecule has 1 heterocycles. The molecule has 0 radical (unpaired) electrons. The smallest absolute Gasteiger partial charge is 0.175 e. The van der Waals surface area contributed by atoms with Gasteiger partial charge in [-0.2, -0.15) is 0 Å². The predicted molar refractivity (Wildman–Crippen MR) is 81.6 cm³/mol. The summed E-state index contributed by atoms with van der Waals surface area (Å²) in [5, 5.41) is 0. The molecule has 2 aromatic rings. The number of pyridine rings is 1. The van der Waals surface area contributed by atoms with E-state index in [-0.39, 0.29) is 0 Å². The van der Waals surface area contributed by atoms with Gasteiger partial charge in [0.25, 0.3) is 0 Å². The molecule has 0 N–H and O–H groups in total. The minimum Gasteiger partial charge on any atom is -0.253 e. The van der Waals surface area contributed by atoms with E-state index in [1.165, 1.54) is 11.8 Å². The summed E-state index contributed by atoms with van der Waals surface area (Å²) in [6, 6.07) is 10.9. The summed E-state index contributed by atoms with van der Waals surface area (Å²) in [6.45, 7) is 6.29. The van der Waals surface area contributed by atoms with Crippen molar-refractivity contribution >= 4 is 9.84 Å². The standard InChI is InChI=1S/C16H19NO2S/c1-11(2)15-9-10-16(17-12(15)3)13-5-7-14(8-6-13)20(4,18)19/h5-11H,1-4H3. The summed E-state index contributed by atoms with van der Waals surface area (Å²) >= 11 is 0. The highest BCUT2D eigenvalue weighted by atomic mass is 32.2. The first-order chi connectivity index (χ1) is 9.29.